The third-order valence-corrected chi connectivity index (χ3v) is 5.29. The Hall–Kier alpha value is -2.32. The van der Waals surface area contributed by atoms with Crippen LogP contribution in [-0.4, -0.2) is 51.3 Å². The standard InChI is InChI=1S/C18H24N6OS/c1-12-5-7-14(8-6-12)15(23(3)4)11-19-16(25)9-10-17-22-24-13(2)20-21-18(24)26-17/h5-8,15H,9-11H2,1-4H3,(H,19,25). The maximum Gasteiger partial charge on any atom is 0.234 e. The van der Waals surface area contributed by atoms with Crippen molar-refractivity contribution in [2.24, 2.45) is 0 Å². The summed E-state index contributed by atoms with van der Waals surface area (Å²) in [6.07, 6.45) is 1.02. The second-order valence-electron chi connectivity index (χ2n) is 6.63. The Balaban J connectivity index is 1.54. The Morgan fingerprint density at radius 1 is 1.23 bits per heavy atom. The molecule has 1 N–H and O–H groups in total. The lowest BCUT2D eigenvalue weighted by Crippen LogP contribution is -2.34. The van der Waals surface area contributed by atoms with Gasteiger partial charge in [-0.25, -0.2) is 0 Å². The zero-order valence-corrected chi connectivity index (χ0v) is 16.4. The summed E-state index contributed by atoms with van der Waals surface area (Å²) in [5.74, 6) is 0.797. The van der Waals surface area contributed by atoms with Crippen molar-refractivity contribution in [2.45, 2.75) is 32.7 Å². The van der Waals surface area contributed by atoms with Gasteiger partial charge in [0.15, 0.2) is 5.82 Å². The predicted molar refractivity (Wildman–Crippen MR) is 102 cm³/mol. The monoisotopic (exact) mass is 372 g/mol. The van der Waals surface area contributed by atoms with Crippen molar-refractivity contribution in [3.63, 3.8) is 0 Å². The number of aryl methyl sites for hydroxylation is 3. The molecule has 0 radical (unpaired) electrons. The van der Waals surface area contributed by atoms with Crippen molar-refractivity contribution in [2.75, 3.05) is 20.6 Å². The smallest absolute Gasteiger partial charge is 0.234 e. The van der Waals surface area contributed by atoms with E-state index in [1.807, 2.05) is 21.0 Å². The number of carbonyl (C=O) groups is 1. The first kappa shape index (κ1) is 18.5. The predicted octanol–water partition coefficient (Wildman–Crippen LogP) is 2.15. The van der Waals surface area contributed by atoms with Crippen LogP contribution < -0.4 is 5.32 Å². The van der Waals surface area contributed by atoms with Gasteiger partial charge in [-0.15, -0.1) is 10.2 Å². The van der Waals surface area contributed by atoms with Gasteiger partial charge < -0.3 is 10.2 Å². The SMILES string of the molecule is Cc1ccc(C(CNC(=O)CCc2nn3c(C)nnc3s2)N(C)C)cc1. The Morgan fingerprint density at radius 2 is 1.96 bits per heavy atom. The summed E-state index contributed by atoms with van der Waals surface area (Å²) in [5.41, 5.74) is 2.43. The Bertz CT molecular complexity index is 883. The fourth-order valence-electron chi connectivity index (χ4n) is 2.76. The lowest BCUT2D eigenvalue weighted by molar-refractivity contribution is -0.121. The van der Waals surface area contributed by atoms with Crippen LogP contribution in [0, 0.1) is 13.8 Å². The van der Waals surface area contributed by atoms with E-state index in [-0.39, 0.29) is 11.9 Å². The fourth-order valence-corrected chi connectivity index (χ4v) is 3.64. The zero-order chi connectivity index (χ0) is 18.7. The van der Waals surface area contributed by atoms with Gasteiger partial charge in [0.25, 0.3) is 0 Å². The lowest BCUT2D eigenvalue weighted by atomic mass is 10.0. The molecule has 26 heavy (non-hydrogen) atoms. The number of carbonyl (C=O) groups excluding carboxylic acids is 1. The summed E-state index contributed by atoms with van der Waals surface area (Å²) in [7, 11) is 4.05. The van der Waals surface area contributed by atoms with E-state index in [1.54, 1.807) is 4.52 Å². The van der Waals surface area contributed by atoms with Gasteiger partial charge in [0, 0.05) is 19.4 Å². The summed E-state index contributed by atoms with van der Waals surface area (Å²) in [6.45, 7) is 4.52. The van der Waals surface area contributed by atoms with Gasteiger partial charge in [0.2, 0.25) is 10.9 Å². The van der Waals surface area contributed by atoms with Crippen LogP contribution in [0.1, 0.15) is 34.4 Å². The number of fused-ring (bicyclic) bond motifs is 1. The number of nitrogens with zero attached hydrogens (tertiary/aromatic N) is 5. The highest BCUT2D eigenvalue weighted by molar-refractivity contribution is 7.16. The average molecular weight is 372 g/mol. The highest BCUT2D eigenvalue weighted by atomic mass is 32.1. The first-order valence-electron chi connectivity index (χ1n) is 8.61. The van der Waals surface area contributed by atoms with E-state index in [2.05, 4.69) is 56.7 Å². The number of rotatable bonds is 7. The molecule has 7 nitrogen and oxygen atoms in total. The highest BCUT2D eigenvalue weighted by Crippen LogP contribution is 2.18. The second-order valence-corrected chi connectivity index (χ2v) is 7.67. The Labute approximate surface area is 157 Å². The zero-order valence-electron chi connectivity index (χ0n) is 15.6. The molecule has 0 fully saturated rings. The maximum atomic E-state index is 12.3. The van der Waals surface area contributed by atoms with E-state index in [1.165, 1.54) is 22.5 Å². The molecule has 0 aliphatic heterocycles. The van der Waals surface area contributed by atoms with Crippen LogP contribution in [0.4, 0.5) is 0 Å². The van der Waals surface area contributed by atoms with E-state index in [0.717, 1.165) is 15.8 Å². The topological polar surface area (TPSA) is 75.4 Å². The quantitative estimate of drug-likeness (QED) is 0.688. The summed E-state index contributed by atoms with van der Waals surface area (Å²) < 4.78 is 1.72. The molecule has 0 saturated carbocycles. The summed E-state index contributed by atoms with van der Waals surface area (Å²) in [4.78, 5) is 15.2. The summed E-state index contributed by atoms with van der Waals surface area (Å²) in [6, 6.07) is 8.59. The number of hydrogen-bond acceptors (Lipinski definition) is 6. The summed E-state index contributed by atoms with van der Waals surface area (Å²) >= 11 is 1.48. The van der Waals surface area contributed by atoms with Crippen molar-refractivity contribution in [1.82, 2.24) is 30.0 Å². The number of likely N-dealkylation sites (N-methyl/N-ethyl adjacent to an activating group) is 1. The van der Waals surface area contributed by atoms with Crippen molar-refractivity contribution in [3.8, 4) is 0 Å². The minimum absolute atomic E-state index is 0.0339. The van der Waals surface area contributed by atoms with Crippen LogP contribution in [-0.2, 0) is 11.2 Å². The Morgan fingerprint density at radius 3 is 2.62 bits per heavy atom. The fraction of sp³-hybridized carbons (Fsp3) is 0.444. The van der Waals surface area contributed by atoms with Gasteiger partial charge >= 0.3 is 0 Å². The molecule has 1 unspecified atom stereocenters. The molecule has 2 heterocycles. The van der Waals surface area contributed by atoms with Crippen LogP contribution in [0.5, 0.6) is 0 Å². The van der Waals surface area contributed by atoms with Gasteiger partial charge in [0.05, 0.1) is 6.04 Å². The van der Waals surface area contributed by atoms with Crippen molar-refractivity contribution < 1.29 is 4.79 Å². The van der Waals surface area contributed by atoms with E-state index < -0.39 is 0 Å². The molecule has 3 rings (SSSR count). The molecule has 1 amide bonds. The third-order valence-electron chi connectivity index (χ3n) is 4.33. The molecule has 3 aromatic rings. The van der Waals surface area contributed by atoms with Gasteiger partial charge in [-0.2, -0.15) is 9.61 Å². The minimum Gasteiger partial charge on any atom is -0.354 e. The molecule has 1 aromatic carbocycles. The first-order chi connectivity index (χ1) is 12.4. The van der Waals surface area contributed by atoms with Gasteiger partial charge in [-0.1, -0.05) is 41.2 Å². The molecular weight excluding hydrogens is 348 g/mol. The molecule has 0 bridgehead atoms. The van der Waals surface area contributed by atoms with Crippen LogP contribution in [0.15, 0.2) is 24.3 Å². The van der Waals surface area contributed by atoms with Crippen molar-refractivity contribution in [1.29, 1.82) is 0 Å². The third kappa shape index (κ3) is 4.25. The first-order valence-corrected chi connectivity index (χ1v) is 9.43. The van der Waals surface area contributed by atoms with Crippen molar-refractivity contribution in [3.05, 3.63) is 46.2 Å². The maximum absolute atomic E-state index is 12.3. The molecule has 0 saturated heterocycles. The van der Waals surface area contributed by atoms with Crippen LogP contribution in [0.2, 0.25) is 0 Å². The molecule has 0 spiro atoms. The highest BCUT2D eigenvalue weighted by Gasteiger charge is 2.16. The molecular formula is C18H24N6OS. The Kier molecular flexibility index (Phi) is 5.63. The average Bonchev–Trinajstić information content (AvgIpc) is 3.16. The molecule has 138 valence electrons. The molecule has 8 heteroatoms. The van der Waals surface area contributed by atoms with Crippen molar-refractivity contribution >= 4 is 22.2 Å². The molecule has 1 atom stereocenters. The molecule has 2 aromatic heterocycles. The number of benzene rings is 1. The van der Waals surface area contributed by atoms with E-state index >= 15 is 0 Å². The second kappa shape index (κ2) is 7.92. The van der Waals surface area contributed by atoms with E-state index in [0.29, 0.717) is 19.4 Å². The largest absolute Gasteiger partial charge is 0.354 e. The van der Waals surface area contributed by atoms with Gasteiger partial charge in [0.1, 0.15) is 5.01 Å². The number of amides is 1. The van der Waals surface area contributed by atoms with Crippen LogP contribution in [0.25, 0.3) is 4.96 Å². The minimum atomic E-state index is 0.0339. The summed E-state index contributed by atoms with van der Waals surface area (Å²) in [5, 5.41) is 16.4. The normalized spacial score (nSPS) is 12.7. The number of aromatic nitrogens is 4. The molecule has 0 aliphatic rings. The number of hydrogen-bond donors (Lipinski definition) is 1. The molecule has 0 aliphatic carbocycles. The number of nitrogens with one attached hydrogen (secondary N) is 1. The van der Waals surface area contributed by atoms with Gasteiger partial charge in [-0.3, -0.25) is 4.79 Å². The lowest BCUT2D eigenvalue weighted by Gasteiger charge is -2.25. The van der Waals surface area contributed by atoms with Gasteiger partial charge in [-0.05, 0) is 33.5 Å². The van der Waals surface area contributed by atoms with E-state index in [9.17, 15) is 4.79 Å². The van der Waals surface area contributed by atoms with Crippen LogP contribution in [0.3, 0.4) is 0 Å². The van der Waals surface area contributed by atoms with Crippen LogP contribution >= 0.6 is 11.3 Å². The van der Waals surface area contributed by atoms with E-state index in [4.69, 9.17) is 0 Å².